The van der Waals surface area contributed by atoms with Crippen molar-refractivity contribution in [3.8, 4) is 0 Å². The number of alkyl halides is 3. The highest BCUT2D eigenvalue weighted by Gasteiger charge is 2.29. The van der Waals surface area contributed by atoms with Crippen LogP contribution in [0.15, 0.2) is 30.3 Å². The molecule has 0 aliphatic heterocycles. The zero-order valence-electron chi connectivity index (χ0n) is 12.2. The van der Waals surface area contributed by atoms with Crippen LogP contribution in [-0.4, -0.2) is 28.4 Å². The number of nitrogens with zero attached hydrogens (tertiary/aromatic N) is 2. The van der Waals surface area contributed by atoms with Crippen molar-refractivity contribution in [3.63, 3.8) is 0 Å². The molecule has 4 nitrogen and oxygen atoms in total. The lowest BCUT2D eigenvalue weighted by Gasteiger charge is -2.09. The van der Waals surface area contributed by atoms with Crippen LogP contribution in [0.3, 0.4) is 0 Å². The summed E-state index contributed by atoms with van der Waals surface area (Å²) < 4.78 is 38.2. The monoisotopic (exact) mass is 311 g/mol. The van der Waals surface area contributed by atoms with Crippen LogP contribution in [0.1, 0.15) is 27.3 Å². The molecule has 1 aromatic carbocycles. The van der Waals surface area contributed by atoms with Gasteiger partial charge in [-0.25, -0.2) is 0 Å². The highest BCUT2D eigenvalue weighted by molar-refractivity contribution is 5.96. The van der Waals surface area contributed by atoms with Crippen molar-refractivity contribution in [2.75, 3.05) is 6.54 Å². The number of nitrogens with one attached hydrogen (secondary N) is 1. The Labute approximate surface area is 125 Å². The molecule has 7 heteroatoms. The van der Waals surface area contributed by atoms with Crippen molar-refractivity contribution in [3.05, 3.63) is 52.8 Å². The largest absolute Gasteiger partial charge is 0.405 e. The number of aromatic nitrogens is 2. The third kappa shape index (κ3) is 3.87. The smallest absolute Gasteiger partial charge is 0.343 e. The predicted molar refractivity (Wildman–Crippen MR) is 75.6 cm³/mol. The zero-order chi connectivity index (χ0) is 16.3. The summed E-state index contributed by atoms with van der Waals surface area (Å²) in [7, 11) is 0. The Hall–Kier alpha value is -2.31. The lowest BCUT2D eigenvalue weighted by molar-refractivity contribution is -0.123. The van der Waals surface area contributed by atoms with Crippen LogP contribution >= 0.6 is 0 Å². The first-order chi connectivity index (χ1) is 10.3. The van der Waals surface area contributed by atoms with Gasteiger partial charge in [-0.3, -0.25) is 9.48 Å². The predicted octanol–water partition coefficient (Wildman–Crippen LogP) is 2.84. The van der Waals surface area contributed by atoms with Crippen LogP contribution in [0.4, 0.5) is 13.2 Å². The maximum atomic E-state index is 12.2. The number of rotatable bonds is 4. The van der Waals surface area contributed by atoms with E-state index in [1.54, 1.807) is 18.5 Å². The number of aryl methyl sites for hydroxylation is 1. The van der Waals surface area contributed by atoms with E-state index in [-0.39, 0.29) is 5.56 Å². The van der Waals surface area contributed by atoms with Crippen molar-refractivity contribution < 1.29 is 18.0 Å². The second kappa shape index (κ2) is 6.21. The molecule has 0 bridgehead atoms. The van der Waals surface area contributed by atoms with E-state index in [9.17, 15) is 18.0 Å². The van der Waals surface area contributed by atoms with E-state index < -0.39 is 18.6 Å². The van der Waals surface area contributed by atoms with Gasteiger partial charge >= 0.3 is 6.18 Å². The molecule has 2 aromatic rings. The Balaban J connectivity index is 2.18. The number of benzene rings is 1. The number of carbonyl (C=O) groups excluding carboxylic acids is 1. The third-order valence-electron chi connectivity index (χ3n) is 3.23. The fourth-order valence-electron chi connectivity index (χ4n) is 2.20. The summed E-state index contributed by atoms with van der Waals surface area (Å²) in [5.41, 5.74) is 2.14. The average molecular weight is 311 g/mol. The number of amides is 1. The molecule has 0 unspecified atom stereocenters. The molecule has 0 saturated heterocycles. The molecule has 1 amide bonds. The summed E-state index contributed by atoms with van der Waals surface area (Å²) in [4.78, 5) is 11.9. The van der Waals surface area contributed by atoms with Crippen LogP contribution in [0.2, 0.25) is 0 Å². The second-order valence-corrected chi connectivity index (χ2v) is 4.99. The van der Waals surface area contributed by atoms with Crippen LogP contribution < -0.4 is 5.32 Å². The maximum absolute atomic E-state index is 12.2. The molecule has 0 fully saturated rings. The summed E-state index contributed by atoms with van der Waals surface area (Å²) in [5.74, 6) is -0.758. The molecule has 118 valence electrons. The first-order valence-corrected chi connectivity index (χ1v) is 6.71. The fraction of sp³-hybridized carbons (Fsp3) is 0.333. The van der Waals surface area contributed by atoms with Crippen molar-refractivity contribution >= 4 is 5.91 Å². The van der Waals surface area contributed by atoms with Crippen LogP contribution in [0.5, 0.6) is 0 Å². The Kier molecular flexibility index (Phi) is 4.54. The van der Waals surface area contributed by atoms with E-state index in [4.69, 9.17) is 0 Å². The molecule has 0 spiro atoms. The SMILES string of the molecule is Cc1nn(Cc2ccccc2)c(C)c1C(=O)NCC(F)(F)F. The third-order valence-corrected chi connectivity index (χ3v) is 3.23. The summed E-state index contributed by atoms with van der Waals surface area (Å²) in [6, 6.07) is 9.50. The van der Waals surface area contributed by atoms with E-state index in [1.165, 1.54) is 0 Å². The summed E-state index contributed by atoms with van der Waals surface area (Å²) in [6.45, 7) is 2.39. The molecule has 1 N–H and O–H groups in total. The minimum atomic E-state index is -4.43. The van der Waals surface area contributed by atoms with Gasteiger partial charge in [0, 0.05) is 5.69 Å². The lowest BCUT2D eigenvalue weighted by atomic mass is 10.1. The molecule has 1 heterocycles. The first-order valence-electron chi connectivity index (χ1n) is 6.71. The molecule has 0 aliphatic carbocycles. The highest BCUT2D eigenvalue weighted by atomic mass is 19.4. The van der Waals surface area contributed by atoms with E-state index >= 15 is 0 Å². The van der Waals surface area contributed by atoms with Gasteiger partial charge in [-0.1, -0.05) is 30.3 Å². The van der Waals surface area contributed by atoms with Gasteiger partial charge in [0.2, 0.25) is 0 Å². The lowest BCUT2D eigenvalue weighted by Crippen LogP contribution is -2.34. The van der Waals surface area contributed by atoms with Gasteiger partial charge in [0.25, 0.3) is 5.91 Å². The van der Waals surface area contributed by atoms with Crippen LogP contribution in [0.25, 0.3) is 0 Å². The van der Waals surface area contributed by atoms with E-state index in [0.29, 0.717) is 17.9 Å². The highest BCUT2D eigenvalue weighted by Crippen LogP contribution is 2.16. The van der Waals surface area contributed by atoms with Crippen molar-refractivity contribution in [2.45, 2.75) is 26.6 Å². The van der Waals surface area contributed by atoms with Gasteiger partial charge in [-0.2, -0.15) is 18.3 Å². The molecular weight excluding hydrogens is 295 g/mol. The minimum Gasteiger partial charge on any atom is -0.343 e. The van der Waals surface area contributed by atoms with Crippen LogP contribution in [-0.2, 0) is 6.54 Å². The summed E-state index contributed by atoms with van der Waals surface area (Å²) >= 11 is 0. The van der Waals surface area contributed by atoms with Crippen LogP contribution in [0, 0.1) is 13.8 Å². The Morgan fingerprint density at radius 2 is 1.86 bits per heavy atom. The molecule has 22 heavy (non-hydrogen) atoms. The fourth-order valence-corrected chi connectivity index (χ4v) is 2.20. The van der Waals surface area contributed by atoms with Gasteiger partial charge in [0.1, 0.15) is 6.54 Å². The Morgan fingerprint density at radius 3 is 2.45 bits per heavy atom. The number of halogens is 3. The van der Waals surface area contributed by atoms with Crippen molar-refractivity contribution in [1.29, 1.82) is 0 Å². The number of hydrogen-bond acceptors (Lipinski definition) is 2. The molecule has 0 atom stereocenters. The molecular formula is C15H16F3N3O. The maximum Gasteiger partial charge on any atom is 0.405 e. The number of carbonyl (C=O) groups is 1. The molecule has 0 radical (unpaired) electrons. The summed E-state index contributed by atoms with van der Waals surface area (Å²) in [5, 5.41) is 6.13. The summed E-state index contributed by atoms with van der Waals surface area (Å²) in [6.07, 6.45) is -4.43. The van der Waals surface area contributed by atoms with E-state index in [0.717, 1.165) is 5.56 Å². The average Bonchev–Trinajstić information content (AvgIpc) is 2.71. The van der Waals surface area contributed by atoms with Gasteiger partial charge in [0.05, 0.1) is 17.8 Å². The quantitative estimate of drug-likeness (QED) is 0.944. The Morgan fingerprint density at radius 1 is 1.23 bits per heavy atom. The van der Waals surface area contributed by atoms with Gasteiger partial charge < -0.3 is 5.32 Å². The van der Waals surface area contributed by atoms with Crippen molar-refractivity contribution in [2.24, 2.45) is 0 Å². The van der Waals surface area contributed by atoms with Gasteiger partial charge in [0.15, 0.2) is 0 Å². The minimum absolute atomic E-state index is 0.195. The molecule has 1 aromatic heterocycles. The second-order valence-electron chi connectivity index (χ2n) is 4.99. The van der Waals surface area contributed by atoms with E-state index in [1.807, 2.05) is 35.6 Å². The molecule has 0 saturated carbocycles. The Bertz CT molecular complexity index is 663. The van der Waals surface area contributed by atoms with Gasteiger partial charge in [-0.15, -0.1) is 0 Å². The van der Waals surface area contributed by atoms with E-state index in [2.05, 4.69) is 5.10 Å². The molecule has 2 rings (SSSR count). The standard InChI is InChI=1S/C15H16F3N3O/c1-10-13(14(22)19-9-15(16,17)18)11(2)21(20-10)8-12-6-4-3-5-7-12/h3-7H,8-9H2,1-2H3,(H,19,22). The normalized spacial score (nSPS) is 11.5. The zero-order valence-corrected chi connectivity index (χ0v) is 12.2. The first kappa shape index (κ1) is 16.1. The topological polar surface area (TPSA) is 46.9 Å². The molecule has 0 aliphatic rings. The van der Waals surface area contributed by atoms with Crippen molar-refractivity contribution in [1.82, 2.24) is 15.1 Å². The number of hydrogen-bond donors (Lipinski definition) is 1. The van der Waals surface area contributed by atoms with Gasteiger partial charge in [-0.05, 0) is 19.4 Å².